The zero-order valence-corrected chi connectivity index (χ0v) is 13.4. The zero-order valence-electron chi connectivity index (χ0n) is 13.4. The van der Waals surface area contributed by atoms with Gasteiger partial charge in [0.05, 0.1) is 12.1 Å². The molecule has 1 saturated carbocycles. The molecule has 0 saturated heterocycles. The third kappa shape index (κ3) is 3.56. The maximum atomic E-state index is 12.1. The first-order chi connectivity index (χ1) is 11.6. The van der Waals surface area contributed by atoms with E-state index >= 15 is 0 Å². The first-order valence-electron chi connectivity index (χ1n) is 8.06. The fraction of sp³-hybridized carbons (Fsp3) is 0.263. The van der Waals surface area contributed by atoms with E-state index in [1.807, 2.05) is 18.2 Å². The number of anilines is 1. The number of rotatable bonds is 7. The van der Waals surface area contributed by atoms with Gasteiger partial charge in [0.1, 0.15) is 0 Å². The van der Waals surface area contributed by atoms with E-state index in [0.717, 1.165) is 12.8 Å². The molecule has 3 rings (SSSR count). The van der Waals surface area contributed by atoms with Crippen LogP contribution in [0.2, 0.25) is 0 Å². The number of benzene rings is 2. The van der Waals surface area contributed by atoms with Gasteiger partial charge in [-0.15, -0.1) is 0 Å². The van der Waals surface area contributed by atoms with Crippen molar-refractivity contribution in [3.63, 3.8) is 0 Å². The number of amides is 2. The van der Waals surface area contributed by atoms with Crippen LogP contribution in [0.25, 0.3) is 0 Å². The lowest BCUT2D eigenvalue weighted by Crippen LogP contribution is -2.36. The molecule has 0 heterocycles. The van der Waals surface area contributed by atoms with Crippen molar-refractivity contribution >= 4 is 17.5 Å². The highest BCUT2D eigenvalue weighted by atomic mass is 16.2. The van der Waals surface area contributed by atoms with Crippen molar-refractivity contribution in [1.82, 2.24) is 5.32 Å². The first kappa shape index (κ1) is 16.1. The summed E-state index contributed by atoms with van der Waals surface area (Å²) in [6.45, 7) is 0.740. The number of nitrogens with one attached hydrogen (secondary N) is 2. The Morgan fingerprint density at radius 3 is 2.33 bits per heavy atom. The Labute approximate surface area is 141 Å². The maximum Gasteiger partial charge on any atom is 0.250 e. The van der Waals surface area contributed by atoms with E-state index < -0.39 is 5.91 Å². The zero-order chi connectivity index (χ0) is 17.0. The summed E-state index contributed by atoms with van der Waals surface area (Å²) in [7, 11) is 0. The molecule has 2 amide bonds. The summed E-state index contributed by atoms with van der Waals surface area (Å²) in [5.41, 5.74) is 7.65. The largest absolute Gasteiger partial charge is 0.376 e. The van der Waals surface area contributed by atoms with E-state index in [-0.39, 0.29) is 17.9 Å². The minimum atomic E-state index is -0.514. The van der Waals surface area contributed by atoms with E-state index in [4.69, 9.17) is 5.73 Å². The molecule has 0 atom stereocenters. The Hall–Kier alpha value is -2.82. The van der Waals surface area contributed by atoms with Crippen molar-refractivity contribution in [3.05, 3.63) is 65.7 Å². The highest BCUT2D eigenvalue weighted by Gasteiger charge is 2.44. The van der Waals surface area contributed by atoms with Gasteiger partial charge in [0.25, 0.3) is 5.91 Å². The second-order valence-electron chi connectivity index (χ2n) is 6.19. The molecule has 124 valence electrons. The van der Waals surface area contributed by atoms with Gasteiger partial charge in [-0.25, -0.2) is 0 Å². The standard InChI is InChI=1S/C19H21N3O2/c20-18(24)15-8-4-5-9-16(15)21-12-17(23)22-13-19(10-11-19)14-6-2-1-3-7-14/h1-9,21H,10-13H2,(H2,20,24)(H,22,23). The van der Waals surface area contributed by atoms with Crippen LogP contribution in [0, 0.1) is 0 Å². The third-order valence-corrected chi connectivity index (χ3v) is 4.50. The summed E-state index contributed by atoms with van der Waals surface area (Å²) >= 11 is 0. The van der Waals surface area contributed by atoms with Crippen LogP contribution in [0.5, 0.6) is 0 Å². The van der Waals surface area contributed by atoms with Crippen LogP contribution in [-0.4, -0.2) is 24.9 Å². The summed E-state index contributed by atoms with van der Waals surface area (Å²) in [6, 6.07) is 17.2. The smallest absolute Gasteiger partial charge is 0.250 e. The molecule has 24 heavy (non-hydrogen) atoms. The van der Waals surface area contributed by atoms with Crippen LogP contribution in [0.4, 0.5) is 5.69 Å². The monoisotopic (exact) mass is 323 g/mol. The molecule has 1 fully saturated rings. The second-order valence-corrected chi connectivity index (χ2v) is 6.19. The Bertz CT molecular complexity index is 739. The average molecular weight is 323 g/mol. The number of primary amides is 1. The molecule has 0 spiro atoms. The fourth-order valence-corrected chi connectivity index (χ4v) is 2.87. The molecule has 0 bridgehead atoms. The van der Waals surface area contributed by atoms with Crippen molar-refractivity contribution < 1.29 is 9.59 Å². The van der Waals surface area contributed by atoms with Gasteiger partial charge in [-0.05, 0) is 30.5 Å². The van der Waals surface area contributed by atoms with Crippen molar-refractivity contribution in [1.29, 1.82) is 0 Å². The van der Waals surface area contributed by atoms with Gasteiger partial charge in [-0.1, -0.05) is 42.5 Å². The molecule has 0 aliphatic heterocycles. The molecule has 1 aliphatic rings. The summed E-state index contributed by atoms with van der Waals surface area (Å²) < 4.78 is 0. The molecule has 1 aliphatic carbocycles. The van der Waals surface area contributed by atoms with Gasteiger partial charge in [0.15, 0.2) is 0 Å². The van der Waals surface area contributed by atoms with Gasteiger partial charge in [0, 0.05) is 17.6 Å². The Kier molecular flexibility index (Phi) is 4.51. The second kappa shape index (κ2) is 6.74. The molecular weight excluding hydrogens is 302 g/mol. The summed E-state index contributed by atoms with van der Waals surface area (Å²) in [4.78, 5) is 23.5. The van der Waals surface area contributed by atoms with Crippen molar-refractivity contribution in [2.45, 2.75) is 18.3 Å². The van der Waals surface area contributed by atoms with Gasteiger partial charge < -0.3 is 16.4 Å². The molecule has 2 aromatic rings. The van der Waals surface area contributed by atoms with Crippen molar-refractivity contribution in [2.75, 3.05) is 18.4 Å². The number of carbonyl (C=O) groups excluding carboxylic acids is 2. The molecule has 4 N–H and O–H groups in total. The summed E-state index contributed by atoms with van der Waals surface area (Å²) in [6.07, 6.45) is 2.18. The van der Waals surface area contributed by atoms with Gasteiger partial charge in [-0.3, -0.25) is 9.59 Å². The lowest BCUT2D eigenvalue weighted by molar-refractivity contribution is -0.119. The van der Waals surface area contributed by atoms with E-state index in [0.29, 0.717) is 17.8 Å². The van der Waals surface area contributed by atoms with E-state index in [1.54, 1.807) is 24.3 Å². The van der Waals surface area contributed by atoms with Crippen molar-refractivity contribution in [2.24, 2.45) is 5.73 Å². The van der Waals surface area contributed by atoms with E-state index in [1.165, 1.54) is 5.56 Å². The molecular formula is C19H21N3O2. The minimum absolute atomic E-state index is 0.0854. The van der Waals surface area contributed by atoms with Crippen LogP contribution >= 0.6 is 0 Å². The Morgan fingerprint density at radius 1 is 1.00 bits per heavy atom. The molecule has 0 aromatic heterocycles. The molecule has 2 aromatic carbocycles. The molecule has 5 heteroatoms. The number of hydrogen-bond acceptors (Lipinski definition) is 3. The number of hydrogen-bond donors (Lipinski definition) is 3. The molecule has 0 unspecified atom stereocenters. The SMILES string of the molecule is NC(=O)c1ccccc1NCC(=O)NCC1(c2ccccc2)CC1. The van der Waals surface area contributed by atoms with Crippen LogP contribution in [-0.2, 0) is 10.2 Å². The van der Waals surface area contributed by atoms with E-state index in [2.05, 4.69) is 22.8 Å². The lowest BCUT2D eigenvalue weighted by atomic mass is 9.96. The highest BCUT2D eigenvalue weighted by molar-refractivity contribution is 5.99. The predicted octanol–water partition coefficient (Wildman–Crippen LogP) is 2.05. The third-order valence-electron chi connectivity index (χ3n) is 4.50. The van der Waals surface area contributed by atoms with Crippen LogP contribution < -0.4 is 16.4 Å². The quantitative estimate of drug-likeness (QED) is 0.729. The normalized spacial score (nSPS) is 14.7. The molecule has 5 nitrogen and oxygen atoms in total. The molecule has 0 radical (unpaired) electrons. The van der Waals surface area contributed by atoms with Gasteiger partial charge in [-0.2, -0.15) is 0 Å². The summed E-state index contributed by atoms with van der Waals surface area (Å²) in [5, 5.41) is 5.96. The number of carbonyl (C=O) groups is 2. The summed E-state index contributed by atoms with van der Waals surface area (Å²) in [5.74, 6) is -0.615. The average Bonchev–Trinajstić information content (AvgIpc) is 3.40. The minimum Gasteiger partial charge on any atom is -0.376 e. The van der Waals surface area contributed by atoms with Crippen molar-refractivity contribution in [3.8, 4) is 0 Å². The fourth-order valence-electron chi connectivity index (χ4n) is 2.87. The lowest BCUT2D eigenvalue weighted by Gasteiger charge is -2.17. The maximum absolute atomic E-state index is 12.1. The first-order valence-corrected chi connectivity index (χ1v) is 8.06. The Balaban J connectivity index is 1.53. The van der Waals surface area contributed by atoms with Crippen LogP contribution in [0.1, 0.15) is 28.8 Å². The Morgan fingerprint density at radius 2 is 1.67 bits per heavy atom. The van der Waals surface area contributed by atoms with Crippen LogP contribution in [0.15, 0.2) is 54.6 Å². The topological polar surface area (TPSA) is 84.2 Å². The number of nitrogens with two attached hydrogens (primary N) is 1. The van der Waals surface area contributed by atoms with Crippen LogP contribution in [0.3, 0.4) is 0 Å². The highest BCUT2D eigenvalue weighted by Crippen LogP contribution is 2.47. The van der Waals surface area contributed by atoms with Gasteiger partial charge >= 0.3 is 0 Å². The predicted molar refractivity (Wildman–Crippen MR) is 93.8 cm³/mol. The van der Waals surface area contributed by atoms with E-state index in [9.17, 15) is 9.59 Å². The van der Waals surface area contributed by atoms with Gasteiger partial charge in [0.2, 0.25) is 5.91 Å². The number of para-hydroxylation sites is 1.